The number of benzene rings is 1. The number of fused-ring (bicyclic) bond motifs is 1. The molecule has 0 spiro atoms. The molecule has 1 aromatic carbocycles. The van der Waals surface area contributed by atoms with Crippen LogP contribution in [0.15, 0.2) is 47.1 Å². The van der Waals surface area contributed by atoms with E-state index in [0.717, 1.165) is 29.7 Å². The fourth-order valence-corrected chi connectivity index (χ4v) is 3.77. The molecule has 1 heterocycles. The molecule has 0 saturated heterocycles. The Bertz CT molecular complexity index is 749. The topological polar surface area (TPSA) is 29.1 Å². The summed E-state index contributed by atoms with van der Waals surface area (Å²) in [7, 11) is 0. The molecule has 2 nitrogen and oxygen atoms in total. The van der Waals surface area contributed by atoms with E-state index in [2.05, 4.69) is 36.5 Å². The first-order chi connectivity index (χ1) is 10.7. The molecule has 1 N–H and O–H groups in total. The molecule has 2 heteroatoms. The lowest BCUT2D eigenvalue weighted by molar-refractivity contribution is -0.110. The molecule has 0 saturated carbocycles. The molecule has 0 unspecified atom stereocenters. The van der Waals surface area contributed by atoms with Crippen molar-refractivity contribution in [3.05, 3.63) is 58.2 Å². The van der Waals surface area contributed by atoms with Gasteiger partial charge in [-0.25, -0.2) is 0 Å². The van der Waals surface area contributed by atoms with E-state index in [-0.39, 0.29) is 5.91 Å². The Hall–Kier alpha value is -2.09. The molecule has 0 radical (unpaired) electrons. The van der Waals surface area contributed by atoms with E-state index in [1.54, 1.807) is 5.57 Å². The first kappa shape index (κ1) is 13.6. The third-order valence-corrected chi connectivity index (χ3v) is 5.01. The Morgan fingerprint density at radius 2 is 2.09 bits per heavy atom. The number of carbonyl (C=O) groups excluding carboxylic acids is 1. The molecule has 0 bridgehead atoms. The molecule has 3 aliphatic rings. The second-order valence-electron chi connectivity index (χ2n) is 6.48. The number of anilines is 1. The highest BCUT2D eigenvalue weighted by molar-refractivity contribution is 6.31. The molecule has 0 fully saturated rings. The van der Waals surface area contributed by atoms with Gasteiger partial charge >= 0.3 is 0 Å². The first-order valence-electron chi connectivity index (χ1n) is 8.32. The summed E-state index contributed by atoms with van der Waals surface area (Å²) in [5.41, 5.74) is 8.54. The highest BCUT2D eigenvalue weighted by Gasteiger charge is 2.26. The molecule has 4 rings (SSSR count). The minimum atomic E-state index is 0.0361. The van der Waals surface area contributed by atoms with E-state index < -0.39 is 0 Å². The molecule has 0 aromatic heterocycles. The van der Waals surface area contributed by atoms with Crippen LogP contribution in [0.3, 0.4) is 0 Å². The van der Waals surface area contributed by atoms with Gasteiger partial charge in [0.25, 0.3) is 5.91 Å². The summed E-state index contributed by atoms with van der Waals surface area (Å²) in [6, 6.07) is 6.28. The predicted molar refractivity (Wildman–Crippen MR) is 90.6 cm³/mol. The Labute approximate surface area is 131 Å². The summed E-state index contributed by atoms with van der Waals surface area (Å²) in [6.45, 7) is 2.15. The van der Waals surface area contributed by atoms with Crippen LogP contribution in [0.25, 0.3) is 5.57 Å². The molecule has 1 amide bonds. The molecule has 112 valence electrons. The first-order valence-corrected chi connectivity index (χ1v) is 8.32. The lowest BCUT2D eigenvalue weighted by Crippen LogP contribution is -2.03. The van der Waals surface area contributed by atoms with Crippen molar-refractivity contribution in [3.8, 4) is 0 Å². The van der Waals surface area contributed by atoms with Crippen LogP contribution in [-0.2, 0) is 11.2 Å². The van der Waals surface area contributed by atoms with Gasteiger partial charge in [-0.15, -0.1) is 0 Å². The molecule has 1 aromatic rings. The number of amides is 1. The van der Waals surface area contributed by atoms with Crippen molar-refractivity contribution in [2.75, 3.05) is 5.32 Å². The van der Waals surface area contributed by atoms with Crippen molar-refractivity contribution in [2.45, 2.75) is 45.4 Å². The summed E-state index contributed by atoms with van der Waals surface area (Å²) in [5, 5.41) is 2.99. The fourth-order valence-electron chi connectivity index (χ4n) is 3.77. The monoisotopic (exact) mass is 291 g/mol. The predicted octanol–water partition coefficient (Wildman–Crippen LogP) is 4.79. The lowest BCUT2D eigenvalue weighted by atomic mass is 9.93. The van der Waals surface area contributed by atoms with E-state index >= 15 is 0 Å². The van der Waals surface area contributed by atoms with Crippen LogP contribution < -0.4 is 5.32 Å². The number of allylic oxidation sites excluding steroid dienone is 5. The number of aryl methyl sites for hydroxylation is 1. The van der Waals surface area contributed by atoms with Gasteiger partial charge in [0.2, 0.25) is 0 Å². The van der Waals surface area contributed by atoms with Crippen LogP contribution in [0, 0.1) is 0 Å². The van der Waals surface area contributed by atoms with Gasteiger partial charge in [0, 0.05) is 16.8 Å². The van der Waals surface area contributed by atoms with Gasteiger partial charge in [0.05, 0.1) is 0 Å². The van der Waals surface area contributed by atoms with Gasteiger partial charge in [-0.05, 0) is 73.4 Å². The van der Waals surface area contributed by atoms with Crippen LogP contribution in [0.5, 0.6) is 0 Å². The highest BCUT2D eigenvalue weighted by Crippen LogP contribution is 2.39. The van der Waals surface area contributed by atoms with Crippen LogP contribution >= 0.6 is 0 Å². The molecular weight excluding hydrogens is 270 g/mol. The molecule has 22 heavy (non-hydrogen) atoms. The van der Waals surface area contributed by atoms with Gasteiger partial charge in [-0.3, -0.25) is 4.79 Å². The maximum atomic E-state index is 12.3. The second kappa shape index (κ2) is 5.28. The van der Waals surface area contributed by atoms with E-state index in [0.29, 0.717) is 0 Å². The van der Waals surface area contributed by atoms with Crippen LogP contribution in [0.1, 0.15) is 50.2 Å². The number of hydrogen-bond donors (Lipinski definition) is 1. The smallest absolute Gasteiger partial charge is 0.256 e. The van der Waals surface area contributed by atoms with Gasteiger partial charge in [0.15, 0.2) is 0 Å². The third kappa shape index (κ3) is 2.23. The zero-order chi connectivity index (χ0) is 15.1. The maximum Gasteiger partial charge on any atom is 0.256 e. The maximum absolute atomic E-state index is 12.3. The van der Waals surface area contributed by atoms with Crippen molar-refractivity contribution in [1.82, 2.24) is 0 Å². The minimum Gasteiger partial charge on any atom is -0.321 e. The average Bonchev–Trinajstić information content (AvgIpc) is 3.08. The quantitative estimate of drug-likeness (QED) is 0.780. The van der Waals surface area contributed by atoms with Crippen molar-refractivity contribution in [3.63, 3.8) is 0 Å². The fraction of sp³-hybridized carbons (Fsp3) is 0.350. The van der Waals surface area contributed by atoms with Gasteiger partial charge < -0.3 is 5.32 Å². The Kier molecular flexibility index (Phi) is 3.25. The lowest BCUT2D eigenvalue weighted by Gasteiger charge is -2.12. The van der Waals surface area contributed by atoms with E-state index in [4.69, 9.17) is 0 Å². The average molecular weight is 291 g/mol. The number of hydrogen-bond acceptors (Lipinski definition) is 1. The number of rotatable bonds is 2. The van der Waals surface area contributed by atoms with Crippen LogP contribution in [0.4, 0.5) is 5.69 Å². The Balaban J connectivity index is 1.68. The van der Waals surface area contributed by atoms with Crippen molar-refractivity contribution >= 4 is 17.2 Å². The Morgan fingerprint density at radius 3 is 2.91 bits per heavy atom. The number of nitrogens with one attached hydrogen (secondary N) is 1. The molecule has 1 aliphatic heterocycles. The van der Waals surface area contributed by atoms with Crippen LogP contribution in [0.2, 0.25) is 0 Å². The normalized spacial score (nSPS) is 21.8. The summed E-state index contributed by atoms with van der Waals surface area (Å²) in [4.78, 5) is 12.3. The molecule has 0 atom stereocenters. The van der Waals surface area contributed by atoms with Crippen molar-refractivity contribution in [2.24, 2.45) is 0 Å². The van der Waals surface area contributed by atoms with Crippen LogP contribution in [-0.4, -0.2) is 5.91 Å². The van der Waals surface area contributed by atoms with Gasteiger partial charge in [-0.1, -0.05) is 24.6 Å². The number of carbonyl (C=O) groups is 1. The zero-order valence-electron chi connectivity index (χ0n) is 13.0. The summed E-state index contributed by atoms with van der Waals surface area (Å²) >= 11 is 0. The van der Waals surface area contributed by atoms with Gasteiger partial charge in [0.1, 0.15) is 0 Å². The standard InChI is InChI=1S/C20H21NO/c1-2-13-7-8-19-17(11-13)18(20(22)21-19)12-14-9-15-5-3-4-6-16(15)10-14/h7-9,11-12H,2-6,10H2,1H3,(H,21,22). The highest BCUT2D eigenvalue weighted by atomic mass is 16.2. The molecular formula is C20H21NO. The van der Waals surface area contributed by atoms with Crippen molar-refractivity contribution < 1.29 is 4.79 Å². The van der Waals surface area contributed by atoms with E-state index in [1.807, 2.05) is 6.07 Å². The van der Waals surface area contributed by atoms with E-state index in [9.17, 15) is 4.79 Å². The van der Waals surface area contributed by atoms with Gasteiger partial charge in [-0.2, -0.15) is 0 Å². The van der Waals surface area contributed by atoms with Crippen molar-refractivity contribution in [1.29, 1.82) is 0 Å². The Morgan fingerprint density at radius 1 is 1.23 bits per heavy atom. The summed E-state index contributed by atoms with van der Waals surface area (Å²) in [5.74, 6) is 0.0361. The minimum absolute atomic E-state index is 0.0361. The SMILES string of the molecule is CCc1ccc2c(c1)C(=CC1=CC3=C(CCCC3)C1)C(=O)N2. The van der Waals surface area contributed by atoms with E-state index in [1.165, 1.54) is 42.4 Å². The molecule has 2 aliphatic carbocycles. The summed E-state index contributed by atoms with van der Waals surface area (Å²) < 4.78 is 0. The largest absolute Gasteiger partial charge is 0.321 e. The summed E-state index contributed by atoms with van der Waals surface area (Å²) in [6.07, 6.45) is 11.5. The zero-order valence-corrected chi connectivity index (χ0v) is 13.0. The third-order valence-electron chi connectivity index (χ3n) is 5.01. The second-order valence-corrected chi connectivity index (χ2v) is 6.48.